The molecule has 130 valence electrons. The minimum Gasteiger partial charge on any atom is -0.348 e. The van der Waals surface area contributed by atoms with Crippen molar-refractivity contribution in [1.82, 2.24) is 10.0 Å². The molecule has 0 radical (unpaired) electrons. The predicted octanol–water partition coefficient (Wildman–Crippen LogP) is 2.12. The summed E-state index contributed by atoms with van der Waals surface area (Å²) in [5, 5.41) is 11.3. The van der Waals surface area contributed by atoms with Crippen molar-refractivity contribution < 1.29 is 13.2 Å². The first-order valence-electron chi connectivity index (χ1n) is 7.73. The highest BCUT2D eigenvalue weighted by Gasteiger charge is 2.15. The second-order valence-corrected chi connectivity index (χ2v) is 7.21. The molecule has 0 saturated heterocycles. The maximum Gasteiger partial charge on any atom is 0.251 e. The van der Waals surface area contributed by atoms with Crippen molar-refractivity contribution in [2.24, 2.45) is 0 Å². The van der Waals surface area contributed by atoms with E-state index in [-0.39, 0.29) is 29.3 Å². The fourth-order valence-electron chi connectivity index (χ4n) is 2.22. The zero-order valence-corrected chi connectivity index (χ0v) is 14.6. The topological polar surface area (TPSA) is 99.1 Å². The SMILES string of the molecule is Cc1ccccc1CNC(=O)c1cccc(S(=O)(=O)NCCC#N)c1. The average Bonchev–Trinajstić information content (AvgIpc) is 2.61. The number of amides is 1. The van der Waals surface area contributed by atoms with Gasteiger partial charge in [0.2, 0.25) is 10.0 Å². The zero-order valence-electron chi connectivity index (χ0n) is 13.8. The Kier molecular flexibility index (Phi) is 6.28. The van der Waals surface area contributed by atoms with Crippen molar-refractivity contribution in [3.8, 4) is 6.07 Å². The van der Waals surface area contributed by atoms with E-state index in [2.05, 4.69) is 10.0 Å². The Hall–Kier alpha value is -2.69. The van der Waals surface area contributed by atoms with Crippen molar-refractivity contribution in [3.05, 3.63) is 65.2 Å². The molecule has 0 spiro atoms. The maximum absolute atomic E-state index is 12.3. The first-order valence-corrected chi connectivity index (χ1v) is 9.22. The van der Waals surface area contributed by atoms with E-state index in [1.807, 2.05) is 37.3 Å². The number of hydrogen-bond acceptors (Lipinski definition) is 4. The second-order valence-electron chi connectivity index (χ2n) is 5.44. The normalized spacial score (nSPS) is 10.9. The van der Waals surface area contributed by atoms with Gasteiger partial charge >= 0.3 is 0 Å². The molecule has 0 heterocycles. The predicted molar refractivity (Wildman–Crippen MR) is 94.2 cm³/mol. The van der Waals surface area contributed by atoms with Gasteiger partial charge in [0.15, 0.2) is 0 Å². The monoisotopic (exact) mass is 357 g/mol. The number of carbonyl (C=O) groups excluding carboxylic acids is 1. The van der Waals surface area contributed by atoms with Crippen molar-refractivity contribution in [2.75, 3.05) is 6.54 Å². The highest BCUT2D eigenvalue weighted by molar-refractivity contribution is 7.89. The van der Waals surface area contributed by atoms with E-state index in [0.717, 1.165) is 11.1 Å². The van der Waals surface area contributed by atoms with Crippen LogP contribution in [0.25, 0.3) is 0 Å². The van der Waals surface area contributed by atoms with Crippen LogP contribution in [0.1, 0.15) is 27.9 Å². The molecule has 1 amide bonds. The number of sulfonamides is 1. The summed E-state index contributed by atoms with van der Waals surface area (Å²) in [5.74, 6) is -0.350. The van der Waals surface area contributed by atoms with Crippen LogP contribution in [0.5, 0.6) is 0 Å². The number of rotatable bonds is 7. The van der Waals surface area contributed by atoms with Gasteiger partial charge in [-0.25, -0.2) is 13.1 Å². The van der Waals surface area contributed by atoms with Crippen LogP contribution in [-0.2, 0) is 16.6 Å². The third kappa shape index (κ3) is 5.14. The molecule has 0 aliphatic heterocycles. The summed E-state index contributed by atoms with van der Waals surface area (Å²) in [4.78, 5) is 12.3. The fourth-order valence-corrected chi connectivity index (χ4v) is 3.29. The van der Waals surface area contributed by atoms with Crippen molar-refractivity contribution in [1.29, 1.82) is 5.26 Å². The van der Waals surface area contributed by atoms with Gasteiger partial charge in [-0.2, -0.15) is 5.26 Å². The Labute approximate surface area is 147 Å². The molecule has 0 bridgehead atoms. The molecule has 0 aliphatic rings. The van der Waals surface area contributed by atoms with Crippen LogP contribution in [0.2, 0.25) is 0 Å². The highest BCUT2D eigenvalue weighted by atomic mass is 32.2. The van der Waals surface area contributed by atoms with Crippen LogP contribution in [-0.4, -0.2) is 20.9 Å². The molecule has 0 atom stereocenters. The summed E-state index contributed by atoms with van der Waals surface area (Å²) in [6.07, 6.45) is 0.0792. The lowest BCUT2D eigenvalue weighted by Gasteiger charge is -2.09. The number of nitriles is 1. The molecule has 0 unspecified atom stereocenters. The lowest BCUT2D eigenvalue weighted by atomic mass is 10.1. The lowest BCUT2D eigenvalue weighted by molar-refractivity contribution is 0.0950. The summed E-state index contributed by atoms with van der Waals surface area (Å²) < 4.78 is 26.6. The number of nitrogens with one attached hydrogen (secondary N) is 2. The molecular formula is C18H19N3O3S. The van der Waals surface area contributed by atoms with Gasteiger partial charge in [-0.05, 0) is 36.2 Å². The van der Waals surface area contributed by atoms with E-state index in [4.69, 9.17) is 5.26 Å². The fraction of sp³-hybridized carbons (Fsp3) is 0.222. The maximum atomic E-state index is 12.3. The molecule has 0 fully saturated rings. The van der Waals surface area contributed by atoms with Crippen LogP contribution in [0.15, 0.2) is 53.4 Å². The Balaban J connectivity index is 2.09. The van der Waals surface area contributed by atoms with Gasteiger partial charge < -0.3 is 5.32 Å². The van der Waals surface area contributed by atoms with Gasteiger partial charge in [-0.3, -0.25) is 4.79 Å². The third-order valence-corrected chi connectivity index (χ3v) is 5.09. The number of hydrogen-bond donors (Lipinski definition) is 2. The Morgan fingerprint density at radius 1 is 1.16 bits per heavy atom. The third-order valence-electron chi connectivity index (χ3n) is 3.64. The molecule has 0 saturated carbocycles. The standard InChI is InChI=1S/C18H19N3O3S/c1-14-6-2-3-7-16(14)13-20-18(22)15-8-4-9-17(12-15)25(23,24)21-11-5-10-19/h2-4,6-9,12,21H,5,11,13H2,1H3,(H,20,22). The lowest BCUT2D eigenvalue weighted by Crippen LogP contribution is -2.26. The van der Waals surface area contributed by atoms with Crippen molar-refractivity contribution in [3.63, 3.8) is 0 Å². The molecule has 2 N–H and O–H groups in total. The smallest absolute Gasteiger partial charge is 0.251 e. The first kappa shape index (κ1) is 18.6. The van der Waals surface area contributed by atoms with Crippen molar-refractivity contribution >= 4 is 15.9 Å². The summed E-state index contributed by atoms with van der Waals surface area (Å²) in [6, 6.07) is 15.4. The largest absolute Gasteiger partial charge is 0.348 e. The molecule has 2 aromatic rings. The van der Waals surface area contributed by atoms with Crippen molar-refractivity contribution in [2.45, 2.75) is 24.8 Å². The first-order chi connectivity index (χ1) is 11.9. The van der Waals surface area contributed by atoms with Crippen LogP contribution < -0.4 is 10.0 Å². The molecule has 6 nitrogen and oxygen atoms in total. The molecule has 7 heteroatoms. The van der Waals surface area contributed by atoms with Crippen LogP contribution in [0.4, 0.5) is 0 Å². The van der Waals surface area contributed by atoms with E-state index >= 15 is 0 Å². The van der Waals surface area contributed by atoms with Gasteiger partial charge in [0.25, 0.3) is 5.91 Å². The number of benzene rings is 2. The van der Waals surface area contributed by atoms with Crippen LogP contribution in [0, 0.1) is 18.3 Å². The Morgan fingerprint density at radius 3 is 2.64 bits per heavy atom. The molecular weight excluding hydrogens is 338 g/mol. The number of aryl methyl sites for hydroxylation is 1. The summed E-state index contributed by atoms with van der Waals surface area (Å²) in [5.41, 5.74) is 2.33. The van der Waals surface area contributed by atoms with Gasteiger partial charge in [0.05, 0.1) is 11.0 Å². The molecule has 0 aliphatic carbocycles. The molecule has 25 heavy (non-hydrogen) atoms. The van der Waals surface area contributed by atoms with Gasteiger partial charge in [-0.15, -0.1) is 0 Å². The number of carbonyl (C=O) groups is 1. The van der Waals surface area contributed by atoms with E-state index in [1.165, 1.54) is 18.2 Å². The number of nitrogens with zero attached hydrogens (tertiary/aromatic N) is 1. The van der Waals surface area contributed by atoms with Gasteiger partial charge in [0.1, 0.15) is 0 Å². The quantitative estimate of drug-likeness (QED) is 0.741. The highest BCUT2D eigenvalue weighted by Crippen LogP contribution is 2.12. The summed E-state index contributed by atoms with van der Waals surface area (Å²) >= 11 is 0. The molecule has 0 aromatic heterocycles. The average molecular weight is 357 g/mol. The van der Waals surface area contributed by atoms with E-state index in [9.17, 15) is 13.2 Å². The zero-order chi connectivity index (χ0) is 18.3. The summed E-state index contributed by atoms with van der Waals surface area (Å²) in [7, 11) is -3.74. The van der Waals surface area contributed by atoms with Gasteiger partial charge in [-0.1, -0.05) is 30.3 Å². The van der Waals surface area contributed by atoms with E-state index in [0.29, 0.717) is 6.54 Å². The molecule has 2 aromatic carbocycles. The minimum absolute atomic E-state index is 0.00557. The minimum atomic E-state index is -3.74. The van der Waals surface area contributed by atoms with Crippen LogP contribution >= 0.6 is 0 Å². The van der Waals surface area contributed by atoms with E-state index < -0.39 is 10.0 Å². The van der Waals surface area contributed by atoms with E-state index in [1.54, 1.807) is 6.07 Å². The molecule has 2 rings (SSSR count). The Bertz CT molecular complexity index is 902. The summed E-state index contributed by atoms with van der Waals surface area (Å²) in [6.45, 7) is 2.35. The van der Waals surface area contributed by atoms with Crippen LogP contribution in [0.3, 0.4) is 0 Å². The van der Waals surface area contributed by atoms with Gasteiger partial charge in [0, 0.05) is 25.1 Å². The second kappa shape index (κ2) is 8.42. The Morgan fingerprint density at radius 2 is 1.92 bits per heavy atom.